The van der Waals surface area contributed by atoms with Crippen molar-refractivity contribution in [3.05, 3.63) is 27.8 Å². The number of non-ortho nitro benzene ring substituents is 1. The summed E-state index contributed by atoms with van der Waals surface area (Å²) in [4.78, 5) is 34.4. The van der Waals surface area contributed by atoms with Crippen LogP contribution in [0.2, 0.25) is 0 Å². The zero-order valence-electron chi connectivity index (χ0n) is 12.2. The van der Waals surface area contributed by atoms with E-state index in [1.165, 1.54) is 12.1 Å². The first kappa shape index (κ1) is 16.2. The number of nitro groups is 1. The second-order valence-corrected chi connectivity index (χ2v) is 5.14. The second-order valence-electron chi connectivity index (χ2n) is 4.61. The number of rotatable bonds is 2. The topological polar surface area (TPSA) is 103 Å². The first-order chi connectivity index (χ1) is 9.59. The molecule has 0 N–H and O–H groups in total. The van der Waals surface area contributed by atoms with E-state index >= 15 is 0 Å². The van der Waals surface area contributed by atoms with E-state index in [0.29, 0.717) is 24.8 Å². The summed E-state index contributed by atoms with van der Waals surface area (Å²) in [5.41, 5.74) is 0.712. The third kappa shape index (κ3) is 2.76. The average molecular weight is 315 g/mol. The summed E-state index contributed by atoms with van der Waals surface area (Å²) < 4.78 is 7.94. The third-order valence-electron chi connectivity index (χ3n) is 3.42. The Bertz CT molecular complexity index is 735. The minimum Gasteiger partial charge on any atom is -1.00 e. The Kier molecular flexibility index (Phi) is 4.82. The first-order valence-corrected chi connectivity index (χ1v) is 6.77. The third-order valence-corrected chi connectivity index (χ3v) is 3.95. The van der Waals surface area contributed by atoms with Crippen molar-refractivity contribution in [3.8, 4) is 0 Å². The summed E-state index contributed by atoms with van der Waals surface area (Å²) in [5, 5.41) is 10.9. The van der Waals surface area contributed by atoms with Gasteiger partial charge in [0.2, 0.25) is 0 Å². The van der Waals surface area contributed by atoms with Gasteiger partial charge in [-0.05, 0) is 18.1 Å². The van der Waals surface area contributed by atoms with Gasteiger partial charge >= 0.3 is 29.6 Å². The van der Waals surface area contributed by atoms with Gasteiger partial charge in [-0.25, -0.2) is 0 Å². The van der Waals surface area contributed by atoms with Crippen LogP contribution in [0.5, 0.6) is 0 Å². The van der Waals surface area contributed by atoms with E-state index in [-0.39, 0.29) is 59.3 Å². The van der Waals surface area contributed by atoms with Gasteiger partial charge in [-0.1, -0.05) is 0 Å². The molecule has 1 aliphatic carbocycles. The number of nitrogens with zero attached hydrogens (tertiary/aromatic N) is 3. The molecule has 0 bridgehead atoms. The van der Waals surface area contributed by atoms with Crippen molar-refractivity contribution < 1.29 is 45.5 Å². The number of hydrogen-bond donors (Lipinski definition) is 0. The van der Waals surface area contributed by atoms with Crippen LogP contribution in [0.25, 0.3) is 11.0 Å². The molecule has 0 aliphatic heterocycles. The number of Topliss-reactive ketones (excluding diaryl/α,β-unsaturated/α-hetero) is 2. The summed E-state index contributed by atoms with van der Waals surface area (Å²) in [6, 6.07) is 2.74. The Balaban J connectivity index is 0.00000121. The van der Waals surface area contributed by atoms with Crippen molar-refractivity contribution in [2.45, 2.75) is 25.2 Å². The predicted molar refractivity (Wildman–Crippen MR) is 71.8 cm³/mol. The molecule has 104 valence electrons. The van der Waals surface area contributed by atoms with E-state index in [9.17, 15) is 19.7 Å². The number of benzene rings is 1. The van der Waals surface area contributed by atoms with Crippen LogP contribution in [0.15, 0.2) is 12.1 Å². The van der Waals surface area contributed by atoms with Gasteiger partial charge in [0.1, 0.15) is 23.0 Å². The molecule has 1 aliphatic rings. The molecule has 0 amide bonds. The Morgan fingerprint density at radius 1 is 1.19 bits per heavy atom. The van der Waals surface area contributed by atoms with Gasteiger partial charge in [0.05, 0.1) is 16.7 Å². The molecule has 3 rings (SSSR count). The van der Waals surface area contributed by atoms with Gasteiger partial charge in [-0.15, -0.1) is 0 Å². The molecule has 0 radical (unpaired) electrons. The number of carbonyl (C=O) groups is 2. The quantitative estimate of drug-likeness (QED) is 0.309. The molecule has 1 saturated carbocycles. The number of ketones is 2. The zero-order valence-corrected chi connectivity index (χ0v) is 14.1. The number of nitro benzene ring substituents is 1. The Morgan fingerprint density at radius 3 is 2.43 bits per heavy atom. The molecule has 2 aromatic rings. The summed E-state index contributed by atoms with van der Waals surface area (Å²) in [5.74, 6) is -1.15. The summed E-state index contributed by atoms with van der Waals surface area (Å²) >= 11 is 0.838. The molecule has 21 heavy (non-hydrogen) atoms. The molecular formula is C12H10N3NaO4S. The van der Waals surface area contributed by atoms with Gasteiger partial charge in [0.25, 0.3) is 5.69 Å². The molecule has 0 saturated heterocycles. The molecule has 9 heteroatoms. The van der Waals surface area contributed by atoms with Crippen molar-refractivity contribution in [1.29, 1.82) is 0 Å². The van der Waals surface area contributed by atoms with Crippen LogP contribution in [-0.4, -0.2) is 25.2 Å². The van der Waals surface area contributed by atoms with E-state index < -0.39 is 10.8 Å². The minimum atomic E-state index is -0.851. The average Bonchev–Trinajstić information content (AvgIpc) is 2.87. The van der Waals surface area contributed by atoms with Crippen molar-refractivity contribution in [2.75, 3.05) is 0 Å². The van der Waals surface area contributed by atoms with Crippen LogP contribution in [-0.2, 0) is 9.59 Å². The first-order valence-electron chi connectivity index (χ1n) is 6.04. The van der Waals surface area contributed by atoms with Crippen LogP contribution in [0.3, 0.4) is 0 Å². The maximum Gasteiger partial charge on any atom is 1.00 e. The maximum atomic E-state index is 12.0. The molecule has 0 atom stereocenters. The van der Waals surface area contributed by atoms with E-state index in [0.717, 1.165) is 11.7 Å². The van der Waals surface area contributed by atoms with Gasteiger partial charge in [0.15, 0.2) is 5.52 Å². The van der Waals surface area contributed by atoms with Crippen LogP contribution < -0.4 is 29.6 Å². The standard InChI is InChI=1S/C12H9N3O4S.Na.H/c16-8-2-1-3-9(17)10(8)6-4-5-7(15(18)19)12-11(6)13-20-14-12;;/h4-5,10H,1-3H2;;/q;+1;-1. The Hall–Kier alpha value is -1.22. The normalized spacial score (nSPS) is 16.0. The van der Waals surface area contributed by atoms with Crippen LogP contribution >= 0.6 is 11.7 Å². The fourth-order valence-electron chi connectivity index (χ4n) is 2.50. The minimum absolute atomic E-state index is 0. The SMILES string of the molecule is O=C1CCCC(=O)C1c1ccc([N+](=O)[O-])c2nsnc12.[H-].[Na+]. The molecule has 7 nitrogen and oxygen atoms in total. The Morgan fingerprint density at radius 2 is 1.81 bits per heavy atom. The van der Waals surface area contributed by atoms with Gasteiger partial charge in [-0.2, -0.15) is 8.75 Å². The van der Waals surface area contributed by atoms with Crippen molar-refractivity contribution in [3.63, 3.8) is 0 Å². The number of fused-ring (bicyclic) bond motifs is 1. The smallest absolute Gasteiger partial charge is 1.00 e. The summed E-state index contributed by atoms with van der Waals surface area (Å²) in [6.07, 6.45) is 1.28. The fourth-order valence-corrected chi connectivity index (χ4v) is 3.08. The molecule has 1 aromatic carbocycles. The number of hydrogen-bond acceptors (Lipinski definition) is 7. The van der Waals surface area contributed by atoms with Crippen molar-refractivity contribution in [1.82, 2.24) is 8.75 Å². The van der Waals surface area contributed by atoms with Crippen molar-refractivity contribution >= 4 is 40.0 Å². The van der Waals surface area contributed by atoms with E-state index in [1.807, 2.05) is 0 Å². The molecule has 0 spiro atoms. The summed E-state index contributed by atoms with van der Waals surface area (Å²) in [7, 11) is 0. The van der Waals surface area contributed by atoms with E-state index in [2.05, 4.69) is 8.75 Å². The van der Waals surface area contributed by atoms with E-state index in [1.54, 1.807) is 0 Å². The van der Waals surface area contributed by atoms with Crippen LogP contribution in [0, 0.1) is 10.1 Å². The zero-order chi connectivity index (χ0) is 14.3. The van der Waals surface area contributed by atoms with Gasteiger partial charge in [0, 0.05) is 18.9 Å². The molecule has 0 unspecified atom stereocenters. The van der Waals surface area contributed by atoms with Crippen LogP contribution in [0.4, 0.5) is 5.69 Å². The number of aromatic nitrogens is 2. The predicted octanol–water partition coefficient (Wildman–Crippen LogP) is -0.878. The Labute approximate surface area is 147 Å². The van der Waals surface area contributed by atoms with Crippen molar-refractivity contribution in [2.24, 2.45) is 0 Å². The van der Waals surface area contributed by atoms with Crippen LogP contribution in [0.1, 0.15) is 32.2 Å². The fraction of sp³-hybridized carbons (Fsp3) is 0.333. The van der Waals surface area contributed by atoms with E-state index in [4.69, 9.17) is 0 Å². The van der Waals surface area contributed by atoms with Gasteiger partial charge in [-0.3, -0.25) is 19.7 Å². The molecule has 1 heterocycles. The van der Waals surface area contributed by atoms with Gasteiger partial charge < -0.3 is 1.43 Å². The number of carbonyl (C=O) groups excluding carboxylic acids is 2. The molecule has 1 aromatic heterocycles. The molecular weight excluding hydrogens is 305 g/mol. The second kappa shape index (κ2) is 6.27. The monoisotopic (exact) mass is 315 g/mol. The largest absolute Gasteiger partial charge is 1.00 e. The maximum absolute atomic E-state index is 12.0. The molecule has 1 fully saturated rings. The summed E-state index contributed by atoms with van der Waals surface area (Å²) in [6.45, 7) is 0.